The molecule has 0 aromatic carbocycles. The third-order valence-electron chi connectivity index (χ3n) is 2.56. The molecule has 0 amide bonds. The van der Waals surface area contributed by atoms with Crippen LogP contribution in [0.25, 0.3) is 0 Å². The van der Waals surface area contributed by atoms with Gasteiger partial charge in [-0.25, -0.2) is 0 Å². The van der Waals surface area contributed by atoms with Crippen molar-refractivity contribution in [2.24, 2.45) is 5.73 Å². The molecule has 0 aromatic rings. The minimum absolute atomic E-state index is 0.168. The van der Waals surface area contributed by atoms with Crippen molar-refractivity contribution in [1.82, 2.24) is 0 Å². The van der Waals surface area contributed by atoms with Crippen LogP contribution in [0.4, 0.5) is 0 Å². The van der Waals surface area contributed by atoms with Gasteiger partial charge in [-0.3, -0.25) is 0 Å². The molecule has 104 valence electrons. The van der Waals surface area contributed by atoms with Gasteiger partial charge in [0.05, 0.1) is 0 Å². The Morgan fingerprint density at radius 1 is 1.00 bits per heavy atom. The maximum atomic E-state index is 9.33. The molecule has 0 radical (unpaired) electrons. The Hall–Kier alpha value is -0.0631. The average Bonchev–Trinajstić information content (AvgIpc) is 2.27. The van der Waals surface area contributed by atoms with Crippen LogP contribution < -0.4 is 5.73 Å². The summed E-state index contributed by atoms with van der Waals surface area (Å²) in [6, 6.07) is 1.01. The summed E-state index contributed by atoms with van der Waals surface area (Å²) >= 11 is 0. The molecule has 8 heteroatoms. The van der Waals surface area contributed by atoms with Gasteiger partial charge in [-0.15, -0.1) is 0 Å². The van der Waals surface area contributed by atoms with E-state index >= 15 is 0 Å². The fourth-order valence-electron chi connectivity index (χ4n) is 1.74. The number of hydrogen-bond donors (Lipinski definition) is 6. The van der Waals surface area contributed by atoms with E-state index in [1.165, 1.54) is 0 Å². The molecule has 0 aliphatic rings. The summed E-state index contributed by atoms with van der Waals surface area (Å²) in [5.41, 5.74) is 5.39. The van der Waals surface area contributed by atoms with E-state index in [0.717, 1.165) is 0 Å². The summed E-state index contributed by atoms with van der Waals surface area (Å²) in [5.74, 6) is -2.62. The summed E-state index contributed by atoms with van der Waals surface area (Å²) in [7, 11) is -2.71. The minimum Gasteiger partial charge on any atom is -0.397 e. The van der Waals surface area contributed by atoms with Crippen molar-refractivity contribution < 1.29 is 30.0 Å². The Morgan fingerprint density at radius 2 is 1.53 bits per heavy atom. The number of aliphatic hydroxyl groups excluding tert-OH is 3. The second-order valence-electron chi connectivity index (χ2n) is 4.03. The summed E-state index contributed by atoms with van der Waals surface area (Å²) in [6.45, 7) is -0.879. The Morgan fingerprint density at radius 3 is 1.88 bits per heavy atom. The first-order valence-corrected chi connectivity index (χ1v) is 8.16. The fourth-order valence-corrected chi connectivity index (χ4v) is 5.22. The summed E-state index contributed by atoms with van der Waals surface area (Å²) in [6.07, 6.45) is 0.605. The van der Waals surface area contributed by atoms with E-state index in [0.29, 0.717) is 19.0 Å². The Kier molecular flexibility index (Phi) is 8.08. The van der Waals surface area contributed by atoms with Crippen molar-refractivity contribution in [3.8, 4) is 0 Å². The fraction of sp³-hybridized carbons (Fsp3) is 1.00. The first-order chi connectivity index (χ1) is 7.95. The normalized spacial score (nSPS) is 13.1. The van der Waals surface area contributed by atoms with Gasteiger partial charge in [0.2, 0.25) is 8.32 Å². The van der Waals surface area contributed by atoms with Gasteiger partial charge in [0.25, 0.3) is 5.97 Å². The summed E-state index contributed by atoms with van der Waals surface area (Å²) < 4.78 is 5.18. The first-order valence-electron chi connectivity index (χ1n) is 5.63. The number of aliphatic hydroxyl groups is 5. The molecule has 17 heavy (non-hydrogen) atoms. The lowest BCUT2D eigenvalue weighted by Crippen LogP contribution is -2.51. The molecule has 0 rings (SSSR count). The molecule has 0 aromatic heterocycles. The van der Waals surface area contributed by atoms with Crippen molar-refractivity contribution in [1.29, 1.82) is 0 Å². The van der Waals surface area contributed by atoms with Crippen LogP contribution in [0, 0.1) is 0 Å². The molecule has 7 N–H and O–H groups in total. The van der Waals surface area contributed by atoms with Gasteiger partial charge in [0.1, 0.15) is 6.61 Å². The van der Waals surface area contributed by atoms with E-state index in [1.54, 1.807) is 0 Å². The van der Waals surface area contributed by atoms with Gasteiger partial charge in [-0.1, -0.05) is 0 Å². The van der Waals surface area contributed by atoms with Crippen LogP contribution in [0.5, 0.6) is 0 Å². The highest BCUT2D eigenvalue weighted by Crippen LogP contribution is 2.27. The SMILES string of the molecule is NCCC[Si](CCO)(CCO)OC(O)(O)CO. The average molecular weight is 269 g/mol. The first kappa shape index (κ1) is 16.9. The Balaban J connectivity index is 4.74. The van der Waals surface area contributed by atoms with Crippen molar-refractivity contribution in [3.63, 3.8) is 0 Å². The lowest BCUT2D eigenvalue weighted by atomic mass is 10.5. The smallest absolute Gasteiger partial charge is 0.293 e. The number of nitrogens with two attached hydrogens (primary N) is 1. The minimum atomic E-state index is -2.71. The highest BCUT2D eigenvalue weighted by atomic mass is 28.4. The van der Waals surface area contributed by atoms with Gasteiger partial charge in [-0.2, -0.15) is 0 Å². The van der Waals surface area contributed by atoms with Gasteiger partial charge < -0.3 is 35.7 Å². The third-order valence-corrected chi connectivity index (χ3v) is 6.85. The molecule has 0 saturated heterocycles. The standard InChI is InChI=1S/C9H23NO6Si/c10-2-1-5-17(6-3-11,7-4-12)16-9(14,15)8-13/h11-15H,1-8,10H2. The van der Waals surface area contributed by atoms with E-state index in [2.05, 4.69) is 0 Å². The molecular weight excluding hydrogens is 246 g/mol. The highest BCUT2D eigenvalue weighted by molar-refractivity contribution is 6.74. The molecule has 0 fully saturated rings. The van der Waals surface area contributed by atoms with Crippen LogP contribution in [0.3, 0.4) is 0 Å². The van der Waals surface area contributed by atoms with Crippen LogP contribution >= 0.6 is 0 Å². The van der Waals surface area contributed by atoms with Crippen LogP contribution in [-0.4, -0.2) is 66.2 Å². The van der Waals surface area contributed by atoms with E-state index in [4.69, 9.17) is 25.5 Å². The molecule has 0 aliphatic carbocycles. The Bertz CT molecular complexity index is 198. The van der Waals surface area contributed by atoms with Crippen LogP contribution in [0.1, 0.15) is 6.42 Å². The second-order valence-corrected chi connectivity index (χ2v) is 8.10. The lowest BCUT2D eigenvalue weighted by molar-refractivity contribution is -0.314. The lowest BCUT2D eigenvalue weighted by Gasteiger charge is -2.36. The Labute approximate surface area is 102 Å². The topological polar surface area (TPSA) is 136 Å². The number of rotatable bonds is 10. The van der Waals surface area contributed by atoms with E-state index in [9.17, 15) is 10.2 Å². The zero-order chi connectivity index (χ0) is 13.4. The molecule has 0 saturated carbocycles. The van der Waals surface area contributed by atoms with Crippen molar-refractivity contribution in [3.05, 3.63) is 0 Å². The molecule has 0 unspecified atom stereocenters. The summed E-state index contributed by atoms with van der Waals surface area (Å²) in [5, 5.41) is 45.5. The maximum absolute atomic E-state index is 9.33. The molecule has 0 spiro atoms. The van der Waals surface area contributed by atoms with Crippen LogP contribution in [0.15, 0.2) is 0 Å². The molecule has 0 aliphatic heterocycles. The van der Waals surface area contributed by atoms with Gasteiger partial charge in [0, 0.05) is 13.2 Å². The third kappa shape index (κ3) is 6.43. The predicted octanol–water partition coefficient (Wildman–Crippen LogP) is -2.09. The highest BCUT2D eigenvalue weighted by Gasteiger charge is 2.41. The molecule has 7 nitrogen and oxygen atoms in total. The molecule has 0 heterocycles. The molecule has 0 bridgehead atoms. The second kappa shape index (κ2) is 8.11. The summed E-state index contributed by atoms with van der Waals surface area (Å²) in [4.78, 5) is 0. The largest absolute Gasteiger partial charge is 0.397 e. The van der Waals surface area contributed by atoms with E-state index in [-0.39, 0.29) is 25.3 Å². The van der Waals surface area contributed by atoms with Crippen molar-refractivity contribution in [2.75, 3.05) is 26.4 Å². The van der Waals surface area contributed by atoms with Gasteiger partial charge in [0.15, 0.2) is 0 Å². The van der Waals surface area contributed by atoms with E-state index in [1.807, 2.05) is 0 Å². The predicted molar refractivity (Wildman–Crippen MR) is 63.4 cm³/mol. The zero-order valence-corrected chi connectivity index (χ0v) is 10.9. The van der Waals surface area contributed by atoms with Gasteiger partial charge in [-0.05, 0) is 31.1 Å². The quantitative estimate of drug-likeness (QED) is 0.198. The molecule has 0 atom stereocenters. The van der Waals surface area contributed by atoms with Crippen molar-refractivity contribution in [2.45, 2.75) is 30.5 Å². The zero-order valence-electron chi connectivity index (χ0n) is 9.88. The van der Waals surface area contributed by atoms with Gasteiger partial charge >= 0.3 is 0 Å². The molecular formula is C9H23NO6Si. The monoisotopic (exact) mass is 269 g/mol. The number of hydrogen-bond acceptors (Lipinski definition) is 7. The van der Waals surface area contributed by atoms with Crippen LogP contribution in [-0.2, 0) is 4.43 Å². The van der Waals surface area contributed by atoms with E-state index < -0.39 is 20.9 Å². The van der Waals surface area contributed by atoms with Crippen LogP contribution in [0.2, 0.25) is 18.1 Å². The maximum Gasteiger partial charge on any atom is 0.293 e. The van der Waals surface area contributed by atoms with Crippen molar-refractivity contribution >= 4 is 8.32 Å².